The maximum Gasteiger partial charge on any atom is 0.0863 e. The minimum atomic E-state index is 0.242. The molecule has 4 aromatic carbocycles. The van der Waals surface area contributed by atoms with E-state index in [4.69, 9.17) is 10.7 Å². The first-order chi connectivity index (χ1) is 27.4. The van der Waals surface area contributed by atoms with E-state index in [9.17, 15) is 0 Å². The molecule has 1 aliphatic carbocycles. The second kappa shape index (κ2) is 25.2. The number of benzene rings is 4. The zero-order valence-corrected chi connectivity index (χ0v) is 35.9. The lowest BCUT2D eigenvalue weighted by molar-refractivity contribution is 0.926. The van der Waals surface area contributed by atoms with Gasteiger partial charge in [0.1, 0.15) is 0 Å². The van der Waals surface area contributed by atoms with Crippen LogP contribution in [0.1, 0.15) is 100 Å². The molecule has 0 fully saturated rings. The van der Waals surface area contributed by atoms with Crippen LogP contribution in [0.4, 0.5) is 0 Å². The molecule has 56 heavy (non-hydrogen) atoms. The molecule has 2 N–H and O–H groups in total. The van der Waals surface area contributed by atoms with Gasteiger partial charge < -0.3 is 5.73 Å². The van der Waals surface area contributed by atoms with E-state index in [0.717, 1.165) is 55.4 Å². The van der Waals surface area contributed by atoms with E-state index >= 15 is 0 Å². The van der Waals surface area contributed by atoms with Crippen molar-refractivity contribution in [2.75, 3.05) is 6.67 Å². The number of nitrogens with zero attached hydrogens (tertiary/aromatic N) is 1. The fourth-order valence-electron chi connectivity index (χ4n) is 6.71. The highest BCUT2D eigenvalue weighted by molar-refractivity contribution is 8.02. The van der Waals surface area contributed by atoms with Crippen LogP contribution < -0.4 is 5.73 Å². The van der Waals surface area contributed by atoms with Crippen molar-refractivity contribution in [2.45, 2.75) is 91.9 Å². The molecule has 0 unspecified atom stereocenters. The number of nitrogens with two attached hydrogens (primary N) is 1. The molecular weight excluding hydrogens is 697 g/mol. The van der Waals surface area contributed by atoms with Gasteiger partial charge in [-0.1, -0.05) is 191 Å². The average molecular weight is 761 g/mol. The molecule has 0 saturated carbocycles. The molecule has 1 aliphatic heterocycles. The summed E-state index contributed by atoms with van der Waals surface area (Å²) in [7, 11) is 0. The van der Waals surface area contributed by atoms with Gasteiger partial charge in [-0.25, -0.2) is 0 Å². The molecule has 0 amide bonds. The topological polar surface area (TPSA) is 38.4 Å². The molecule has 1 heterocycles. The van der Waals surface area contributed by atoms with Gasteiger partial charge in [-0.15, -0.1) is 0 Å². The number of hydrogen-bond acceptors (Lipinski definition) is 3. The van der Waals surface area contributed by atoms with Gasteiger partial charge in [0.25, 0.3) is 0 Å². The lowest BCUT2D eigenvalue weighted by atomic mass is 9.83. The van der Waals surface area contributed by atoms with Crippen molar-refractivity contribution >= 4 is 34.2 Å². The van der Waals surface area contributed by atoms with Crippen molar-refractivity contribution in [3.05, 3.63) is 202 Å². The van der Waals surface area contributed by atoms with E-state index in [-0.39, 0.29) is 6.67 Å². The second-order valence-corrected chi connectivity index (χ2v) is 14.3. The standard InChI is InChI=1S/C42H44N2S.C7H8.2C2H6/c1-5-35(28-37(36-17-10-7-11-18-36)22-20-33-15-8-6-9-16-33)40(44-29-43)27-34-21-24-38(32(4)26-34)41-31(3)19-23-39-30(2)14-12-13-25-45-42(39)41;1-7-5-3-2-4-6-7;2*1-2/h5-11,13,15-19,22-23,25-26,28H,1-2,12,14,20-21,24,27,29,43H2,3-4H3;2-6H,1H3;2*1-2H3/b25-13-,35-28+,37-22+,44-40+;;;. The Balaban J connectivity index is 0.000000672. The highest BCUT2D eigenvalue weighted by Gasteiger charge is 2.22. The molecule has 0 spiro atoms. The molecule has 4 aromatic rings. The van der Waals surface area contributed by atoms with E-state index < -0.39 is 0 Å². The molecule has 0 bridgehead atoms. The van der Waals surface area contributed by atoms with Crippen LogP contribution in [0, 0.1) is 13.8 Å². The summed E-state index contributed by atoms with van der Waals surface area (Å²) in [5.74, 6) is 0. The lowest BCUT2D eigenvalue weighted by Gasteiger charge is -2.25. The van der Waals surface area contributed by atoms with Gasteiger partial charge in [0, 0.05) is 17.0 Å². The molecule has 2 aliphatic rings. The van der Waals surface area contributed by atoms with Gasteiger partial charge in [-0.3, -0.25) is 4.99 Å². The van der Waals surface area contributed by atoms with E-state index in [1.807, 2.05) is 63.7 Å². The summed E-state index contributed by atoms with van der Waals surface area (Å²) in [5.41, 5.74) is 22.3. The molecule has 0 aromatic heterocycles. The van der Waals surface area contributed by atoms with E-state index in [1.54, 1.807) is 0 Å². The lowest BCUT2D eigenvalue weighted by Crippen LogP contribution is -2.10. The minimum Gasteiger partial charge on any atom is -0.312 e. The first-order valence-corrected chi connectivity index (χ1v) is 21.2. The molecule has 292 valence electrons. The third-order valence-corrected chi connectivity index (χ3v) is 10.5. The van der Waals surface area contributed by atoms with Crippen LogP contribution in [0.15, 0.2) is 179 Å². The van der Waals surface area contributed by atoms with Gasteiger partial charge in [0.2, 0.25) is 0 Å². The number of thioether (sulfide) groups is 1. The highest BCUT2D eigenvalue weighted by atomic mass is 32.2. The van der Waals surface area contributed by atoms with Gasteiger partial charge in [0.05, 0.1) is 6.67 Å². The number of aliphatic imine (C=N–C) groups is 1. The van der Waals surface area contributed by atoms with Crippen LogP contribution in [0.2, 0.25) is 0 Å². The normalized spacial score (nSPS) is 14.9. The summed E-state index contributed by atoms with van der Waals surface area (Å²) in [6.45, 7) is 23.5. The number of allylic oxidation sites excluding steroid dienone is 11. The first-order valence-electron chi connectivity index (χ1n) is 20.3. The summed E-state index contributed by atoms with van der Waals surface area (Å²) in [6.07, 6.45) is 16.7. The summed E-state index contributed by atoms with van der Waals surface area (Å²) in [6, 6.07) is 35.9. The molecular formula is C53H64N2S. The van der Waals surface area contributed by atoms with Crippen LogP contribution in [-0.2, 0) is 6.42 Å². The SMILES string of the molecule is C=CC(=C\C(=C/Cc1ccccc1)c1ccccc1)/C(CC1=CC(C)=C(c2c(C)ccc3c2S/C=C\CCC3=C)CC1)=N/CN.CC.CC.Cc1ccccc1. The van der Waals surface area contributed by atoms with Crippen molar-refractivity contribution in [1.29, 1.82) is 0 Å². The maximum atomic E-state index is 6.04. The van der Waals surface area contributed by atoms with Crippen molar-refractivity contribution in [3.63, 3.8) is 0 Å². The Labute approximate surface area is 344 Å². The summed E-state index contributed by atoms with van der Waals surface area (Å²) >= 11 is 1.84. The largest absolute Gasteiger partial charge is 0.312 e. The Kier molecular flexibility index (Phi) is 20.5. The van der Waals surface area contributed by atoms with Crippen LogP contribution in [0.25, 0.3) is 16.7 Å². The minimum absolute atomic E-state index is 0.242. The average Bonchev–Trinajstić information content (AvgIpc) is 3.23. The number of hydrogen-bond donors (Lipinski definition) is 1. The van der Waals surface area contributed by atoms with Crippen LogP contribution >= 0.6 is 11.8 Å². The van der Waals surface area contributed by atoms with Gasteiger partial charge in [-0.2, -0.15) is 0 Å². The molecule has 0 atom stereocenters. The zero-order chi connectivity index (χ0) is 40.7. The van der Waals surface area contributed by atoms with Crippen LogP contribution in [0.5, 0.6) is 0 Å². The molecule has 2 nitrogen and oxygen atoms in total. The fourth-order valence-corrected chi connectivity index (χ4v) is 7.82. The quantitative estimate of drug-likeness (QED) is 0.129. The van der Waals surface area contributed by atoms with Crippen molar-refractivity contribution in [1.82, 2.24) is 0 Å². The summed E-state index contributed by atoms with van der Waals surface area (Å²) in [4.78, 5) is 6.15. The first kappa shape index (κ1) is 45.4. The third kappa shape index (κ3) is 13.7. The zero-order valence-electron chi connectivity index (χ0n) is 35.1. The molecule has 0 saturated heterocycles. The predicted octanol–water partition coefficient (Wildman–Crippen LogP) is 15.1. The van der Waals surface area contributed by atoms with Crippen molar-refractivity contribution in [2.24, 2.45) is 10.7 Å². The van der Waals surface area contributed by atoms with Crippen molar-refractivity contribution < 1.29 is 0 Å². The summed E-state index contributed by atoms with van der Waals surface area (Å²) in [5, 5.41) is 2.25. The Morgan fingerprint density at radius 2 is 1.45 bits per heavy atom. The maximum absolute atomic E-state index is 6.04. The molecule has 3 heteroatoms. The smallest absolute Gasteiger partial charge is 0.0863 e. The Morgan fingerprint density at radius 3 is 2.04 bits per heavy atom. The van der Waals surface area contributed by atoms with E-state index in [1.165, 1.54) is 60.6 Å². The van der Waals surface area contributed by atoms with Gasteiger partial charge in [-0.05, 0) is 120 Å². The Bertz CT molecular complexity index is 2020. The fraction of sp³-hybridized carbons (Fsp3) is 0.264. The number of rotatable bonds is 10. The Hall–Kier alpha value is -4.96. The molecule has 6 rings (SSSR count). The highest BCUT2D eigenvalue weighted by Crippen LogP contribution is 2.44. The third-order valence-electron chi connectivity index (χ3n) is 9.53. The molecule has 0 radical (unpaired) electrons. The van der Waals surface area contributed by atoms with Gasteiger partial charge in [0.15, 0.2) is 0 Å². The Morgan fingerprint density at radius 1 is 0.804 bits per heavy atom. The van der Waals surface area contributed by atoms with Crippen molar-refractivity contribution in [3.8, 4) is 0 Å². The van der Waals surface area contributed by atoms with E-state index in [2.05, 4.69) is 149 Å². The predicted molar refractivity (Wildman–Crippen MR) is 252 cm³/mol. The number of fused-ring (bicyclic) bond motifs is 1. The van der Waals surface area contributed by atoms with Gasteiger partial charge >= 0.3 is 0 Å². The summed E-state index contributed by atoms with van der Waals surface area (Å²) < 4.78 is 0. The second-order valence-electron chi connectivity index (χ2n) is 13.4. The van der Waals surface area contributed by atoms with E-state index in [0.29, 0.717) is 0 Å². The monoisotopic (exact) mass is 760 g/mol. The van der Waals surface area contributed by atoms with Crippen LogP contribution in [0.3, 0.4) is 0 Å². The van der Waals surface area contributed by atoms with Crippen LogP contribution in [-0.4, -0.2) is 12.4 Å². The number of aryl methyl sites for hydroxylation is 2.